The molecule has 1 aliphatic rings. The van der Waals surface area contributed by atoms with Crippen LogP contribution in [0.5, 0.6) is 0 Å². The summed E-state index contributed by atoms with van der Waals surface area (Å²) in [7, 11) is 0. The molecule has 3 N–H and O–H groups in total. The fraction of sp³-hybridized carbons (Fsp3) is 0.562. The summed E-state index contributed by atoms with van der Waals surface area (Å²) in [5.41, 5.74) is 0.405. The van der Waals surface area contributed by atoms with Gasteiger partial charge in [0.1, 0.15) is 5.82 Å². The van der Waals surface area contributed by atoms with Crippen molar-refractivity contribution >= 4 is 6.03 Å². The molecule has 1 aromatic carbocycles. The summed E-state index contributed by atoms with van der Waals surface area (Å²) in [6, 6.07) is 6.24. The minimum atomic E-state index is -0.521. The second-order valence-electron chi connectivity index (χ2n) is 5.96. The molecule has 21 heavy (non-hydrogen) atoms. The second-order valence-corrected chi connectivity index (χ2v) is 5.96. The maximum atomic E-state index is 13.0. The van der Waals surface area contributed by atoms with Gasteiger partial charge in [0, 0.05) is 6.54 Å². The van der Waals surface area contributed by atoms with E-state index in [0.717, 1.165) is 31.2 Å². The number of carbonyl (C=O) groups is 1. The molecule has 0 spiro atoms. The van der Waals surface area contributed by atoms with Gasteiger partial charge in [0.25, 0.3) is 0 Å². The van der Waals surface area contributed by atoms with Crippen LogP contribution in [0.15, 0.2) is 24.3 Å². The first-order valence-corrected chi connectivity index (χ1v) is 7.45. The smallest absolute Gasteiger partial charge is 0.315 e. The lowest BCUT2D eigenvalue weighted by atomic mass is 9.97. The Bertz CT molecular complexity index is 491. The Morgan fingerprint density at radius 3 is 2.86 bits per heavy atom. The summed E-state index contributed by atoms with van der Waals surface area (Å²) >= 11 is 0. The number of urea groups is 1. The van der Waals surface area contributed by atoms with E-state index in [1.54, 1.807) is 6.07 Å². The van der Waals surface area contributed by atoms with E-state index in [9.17, 15) is 14.3 Å². The molecule has 5 heteroatoms. The highest BCUT2D eigenvalue weighted by Gasteiger charge is 2.42. The Hall–Kier alpha value is -1.62. The lowest BCUT2D eigenvalue weighted by Gasteiger charge is -2.28. The highest BCUT2D eigenvalue weighted by molar-refractivity contribution is 5.74. The number of carbonyl (C=O) groups excluding carboxylic acids is 1. The molecule has 0 unspecified atom stereocenters. The van der Waals surface area contributed by atoms with E-state index >= 15 is 0 Å². The molecule has 0 radical (unpaired) electrons. The molecule has 2 amide bonds. The number of aliphatic hydroxyl groups is 1. The maximum absolute atomic E-state index is 13.0. The van der Waals surface area contributed by atoms with Crippen molar-refractivity contribution in [1.82, 2.24) is 10.6 Å². The maximum Gasteiger partial charge on any atom is 0.315 e. The van der Waals surface area contributed by atoms with E-state index in [1.165, 1.54) is 12.1 Å². The number of hydrogen-bond acceptors (Lipinski definition) is 2. The fourth-order valence-corrected chi connectivity index (χ4v) is 2.48. The lowest BCUT2D eigenvalue weighted by Crippen LogP contribution is -2.54. The van der Waals surface area contributed by atoms with Crippen molar-refractivity contribution < 1.29 is 14.3 Å². The molecule has 0 saturated heterocycles. The molecule has 0 aliphatic heterocycles. The molecule has 116 valence electrons. The third kappa shape index (κ3) is 4.70. The van der Waals surface area contributed by atoms with Gasteiger partial charge in [-0.25, -0.2) is 9.18 Å². The zero-order chi connectivity index (χ0) is 15.3. The zero-order valence-corrected chi connectivity index (χ0v) is 12.4. The normalized spacial score (nSPS) is 17.1. The van der Waals surface area contributed by atoms with Crippen LogP contribution in [0.1, 0.15) is 31.7 Å². The van der Waals surface area contributed by atoms with Crippen LogP contribution >= 0.6 is 0 Å². The standard InChI is InChI=1S/C16H23FN2O2/c1-16(11-20,13-7-8-13)19-15(21)18-9-3-5-12-4-2-6-14(17)10-12/h2,4,6,10,13,20H,3,5,7-9,11H2,1H3,(H2,18,19,21)/t16-/m0/s1. The van der Waals surface area contributed by atoms with Gasteiger partial charge < -0.3 is 15.7 Å². The van der Waals surface area contributed by atoms with Crippen LogP contribution in [0, 0.1) is 11.7 Å². The van der Waals surface area contributed by atoms with Crippen LogP contribution in [0.4, 0.5) is 9.18 Å². The lowest BCUT2D eigenvalue weighted by molar-refractivity contribution is 0.155. The van der Waals surface area contributed by atoms with Gasteiger partial charge in [0.15, 0.2) is 0 Å². The molecule has 1 saturated carbocycles. The van der Waals surface area contributed by atoms with Crippen molar-refractivity contribution in [3.8, 4) is 0 Å². The molecule has 0 bridgehead atoms. The van der Waals surface area contributed by atoms with E-state index in [2.05, 4.69) is 10.6 Å². The molecule has 1 aliphatic carbocycles. The van der Waals surface area contributed by atoms with Crippen LogP contribution in [-0.2, 0) is 6.42 Å². The Balaban J connectivity index is 1.67. The third-order valence-electron chi connectivity index (χ3n) is 4.02. The summed E-state index contributed by atoms with van der Waals surface area (Å²) in [6.45, 7) is 2.35. The highest BCUT2D eigenvalue weighted by Crippen LogP contribution is 2.39. The Labute approximate surface area is 124 Å². The highest BCUT2D eigenvalue weighted by atomic mass is 19.1. The van der Waals surface area contributed by atoms with Crippen molar-refractivity contribution in [3.63, 3.8) is 0 Å². The molecule has 1 atom stereocenters. The van der Waals surface area contributed by atoms with Crippen molar-refractivity contribution in [1.29, 1.82) is 0 Å². The molecule has 0 aromatic heterocycles. The molecule has 4 nitrogen and oxygen atoms in total. The Morgan fingerprint density at radius 2 is 2.24 bits per heavy atom. The predicted molar refractivity (Wildman–Crippen MR) is 79.5 cm³/mol. The Kier molecular flexibility index (Phi) is 5.17. The number of halogens is 1. The molecular weight excluding hydrogens is 271 g/mol. The number of aliphatic hydroxyl groups excluding tert-OH is 1. The average molecular weight is 294 g/mol. The summed E-state index contributed by atoms with van der Waals surface area (Å²) in [4.78, 5) is 11.8. The first kappa shape index (κ1) is 15.8. The topological polar surface area (TPSA) is 61.4 Å². The van der Waals surface area contributed by atoms with Crippen LogP contribution < -0.4 is 10.6 Å². The first-order valence-electron chi connectivity index (χ1n) is 7.45. The number of hydrogen-bond donors (Lipinski definition) is 3. The zero-order valence-electron chi connectivity index (χ0n) is 12.4. The van der Waals surface area contributed by atoms with Crippen molar-refractivity contribution in [2.24, 2.45) is 5.92 Å². The van der Waals surface area contributed by atoms with Gasteiger partial charge in [0.05, 0.1) is 12.1 Å². The van der Waals surface area contributed by atoms with Crippen LogP contribution in [-0.4, -0.2) is 29.8 Å². The number of benzene rings is 1. The van der Waals surface area contributed by atoms with Gasteiger partial charge in [-0.15, -0.1) is 0 Å². The van der Waals surface area contributed by atoms with E-state index in [1.807, 2.05) is 13.0 Å². The summed E-state index contributed by atoms with van der Waals surface area (Å²) in [5, 5.41) is 15.1. The van der Waals surface area contributed by atoms with E-state index in [-0.39, 0.29) is 18.5 Å². The van der Waals surface area contributed by atoms with Gasteiger partial charge in [-0.1, -0.05) is 12.1 Å². The average Bonchev–Trinajstić information content (AvgIpc) is 3.28. The van der Waals surface area contributed by atoms with Gasteiger partial charge in [-0.3, -0.25) is 0 Å². The number of aryl methyl sites for hydroxylation is 1. The third-order valence-corrected chi connectivity index (χ3v) is 4.02. The number of rotatable bonds is 7. The van der Waals surface area contributed by atoms with E-state index < -0.39 is 5.54 Å². The number of amides is 2. The largest absolute Gasteiger partial charge is 0.394 e. The molecule has 0 heterocycles. The SMILES string of the molecule is C[C@@](CO)(NC(=O)NCCCc1cccc(F)c1)C1CC1. The minimum absolute atomic E-state index is 0.0472. The van der Waals surface area contributed by atoms with Crippen molar-refractivity contribution in [2.45, 2.75) is 38.1 Å². The monoisotopic (exact) mass is 294 g/mol. The fourth-order valence-electron chi connectivity index (χ4n) is 2.48. The van der Waals surface area contributed by atoms with Crippen LogP contribution in [0.3, 0.4) is 0 Å². The van der Waals surface area contributed by atoms with Gasteiger partial charge >= 0.3 is 6.03 Å². The van der Waals surface area contributed by atoms with Gasteiger partial charge in [-0.2, -0.15) is 0 Å². The molecule has 2 rings (SSSR count). The quantitative estimate of drug-likeness (QED) is 0.675. The van der Waals surface area contributed by atoms with Crippen molar-refractivity contribution in [2.75, 3.05) is 13.2 Å². The molecular formula is C16H23FN2O2. The summed E-state index contributed by atoms with van der Waals surface area (Å²) in [5.74, 6) is 0.141. The summed E-state index contributed by atoms with van der Waals surface area (Å²) in [6.07, 6.45) is 3.57. The van der Waals surface area contributed by atoms with Crippen molar-refractivity contribution in [3.05, 3.63) is 35.6 Å². The number of nitrogens with one attached hydrogen (secondary N) is 2. The van der Waals surface area contributed by atoms with Crippen LogP contribution in [0.2, 0.25) is 0 Å². The van der Waals surface area contributed by atoms with Gasteiger partial charge in [0.2, 0.25) is 0 Å². The van der Waals surface area contributed by atoms with Crippen LogP contribution in [0.25, 0.3) is 0 Å². The van der Waals surface area contributed by atoms with E-state index in [4.69, 9.17) is 0 Å². The Morgan fingerprint density at radius 1 is 1.48 bits per heavy atom. The summed E-state index contributed by atoms with van der Waals surface area (Å²) < 4.78 is 13.0. The first-order chi connectivity index (χ1) is 10.0. The molecule has 1 fully saturated rings. The second kappa shape index (κ2) is 6.89. The predicted octanol–water partition coefficient (Wildman–Crippen LogP) is 2.22. The van der Waals surface area contributed by atoms with Gasteiger partial charge in [-0.05, 0) is 56.2 Å². The minimum Gasteiger partial charge on any atom is -0.394 e. The molecule has 1 aromatic rings. The van der Waals surface area contributed by atoms with E-state index in [0.29, 0.717) is 12.5 Å².